The maximum absolute atomic E-state index is 14.4. The normalized spacial score (nSPS) is 11.0. The summed E-state index contributed by atoms with van der Waals surface area (Å²) in [6.45, 7) is 0. The second kappa shape index (κ2) is 6.63. The maximum Gasteiger partial charge on any atom is 0.160 e. The number of rotatable bonds is 2. The molecule has 4 aromatic rings. The predicted octanol–water partition coefficient (Wildman–Crippen LogP) is 5.50. The first kappa shape index (κ1) is 16.9. The molecule has 0 amide bonds. The lowest BCUT2D eigenvalue weighted by Gasteiger charge is -2.11. The summed E-state index contributed by atoms with van der Waals surface area (Å²) >= 11 is 9.44. The van der Waals surface area contributed by atoms with E-state index < -0.39 is 5.82 Å². The average Bonchev–Trinajstić information content (AvgIpc) is 2.65. The summed E-state index contributed by atoms with van der Waals surface area (Å²) < 4.78 is 15.0. The lowest BCUT2D eigenvalue weighted by molar-refractivity contribution is 0.631. The van der Waals surface area contributed by atoms with Crippen molar-refractivity contribution in [1.82, 2.24) is 15.0 Å². The monoisotopic (exact) mass is 428 g/mol. The first-order valence-corrected chi connectivity index (χ1v) is 8.82. The number of benzene rings is 1. The fourth-order valence-corrected chi connectivity index (χ4v) is 3.24. The summed E-state index contributed by atoms with van der Waals surface area (Å²) in [5.74, 6) is -0.00825. The summed E-state index contributed by atoms with van der Waals surface area (Å²) in [5.41, 5.74) is 8.69. The number of aromatic nitrogens is 3. The van der Waals surface area contributed by atoms with Crippen LogP contribution in [0.4, 0.5) is 10.2 Å². The molecule has 3 aromatic heterocycles. The zero-order valence-electron chi connectivity index (χ0n) is 13.2. The molecule has 0 saturated carbocycles. The first-order chi connectivity index (χ1) is 12.5. The third-order valence-electron chi connectivity index (χ3n) is 3.97. The molecule has 0 radical (unpaired) electrons. The Morgan fingerprint density at radius 3 is 2.69 bits per heavy atom. The number of fused-ring (bicyclic) bond motifs is 1. The molecule has 4 rings (SSSR count). The van der Waals surface area contributed by atoms with Crippen molar-refractivity contribution in [1.29, 1.82) is 0 Å². The number of hydrogen-bond acceptors (Lipinski definition) is 4. The number of halogens is 3. The van der Waals surface area contributed by atoms with E-state index in [0.717, 1.165) is 16.5 Å². The first-order valence-electron chi connectivity index (χ1n) is 7.65. The van der Waals surface area contributed by atoms with E-state index in [-0.39, 0.29) is 0 Å². The van der Waals surface area contributed by atoms with Crippen LogP contribution in [0, 0.1) is 5.82 Å². The van der Waals surface area contributed by atoms with Crippen LogP contribution >= 0.6 is 27.5 Å². The van der Waals surface area contributed by atoms with E-state index in [1.54, 1.807) is 24.5 Å². The van der Waals surface area contributed by atoms with Crippen molar-refractivity contribution in [2.24, 2.45) is 0 Å². The Bertz CT molecular complexity index is 1150. The largest absolute Gasteiger partial charge is 0.383 e. The van der Waals surface area contributed by atoms with Gasteiger partial charge >= 0.3 is 0 Å². The van der Waals surface area contributed by atoms with Crippen molar-refractivity contribution in [3.63, 3.8) is 0 Å². The molecule has 7 heteroatoms. The van der Waals surface area contributed by atoms with Crippen molar-refractivity contribution < 1.29 is 4.39 Å². The van der Waals surface area contributed by atoms with Crippen molar-refractivity contribution in [3.8, 4) is 22.4 Å². The molecule has 26 heavy (non-hydrogen) atoms. The van der Waals surface area contributed by atoms with Gasteiger partial charge in [-0.05, 0) is 64.0 Å². The standard InChI is InChI=1S/C19H11BrClFN4/c20-15-6-10(9-25-18(15)23)13-8-17(14-7-11(21)3-4-16(14)22)26-19-12(13)2-1-5-24-19/h1-9H,(H2,23,25). The minimum atomic E-state index is -0.403. The minimum absolute atomic E-state index is 0.314. The van der Waals surface area contributed by atoms with E-state index in [1.807, 2.05) is 18.2 Å². The molecule has 0 atom stereocenters. The van der Waals surface area contributed by atoms with Crippen LogP contribution < -0.4 is 5.73 Å². The van der Waals surface area contributed by atoms with Crippen LogP contribution in [0.2, 0.25) is 5.02 Å². The van der Waals surface area contributed by atoms with E-state index in [1.165, 1.54) is 12.1 Å². The van der Waals surface area contributed by atoms with Crippen LogP contribution in [0.5, 0.6) is 0 Å². The number of nitrogen functional groups attached to an aromatic ring is 1. The second-order valence-corrected chi connectivity index (χ2v) is 6.94. The SMILES string of the molecule is Nc1ncc(-c2cc(-c3cc(Cl)ccc3F)nc3ncccc23)cc1Br. The fourth-order valence-electron chi connectivity index (χ4n) is 2.72. The van der Waals surface area contributed by atoms with E-state index in [9.17, 15) is 4.39 Å². The molecule has 0 fully saturated rings. The molecule has 4 nitrogen and oxygen atoms in total. The van der Waals surface area contributed by atoms with Gasteiger partial charge in [-0.2, -0.15) is 0 Å². The van der Waals surface area contributed by atoms with Gasteiger partial charge < -0.3 is 5.73 Å². The van der Waals surface area contributed by atoms with Crippen molar-refractivity contribution in [3.05, 3.63) is 70.2 Å². The summed E-state index contributed by atoms with van der Waals surface area (Å²) in [6, 6.07) is 11.8. The molecule has 2 N–H and O–H groups in total. The highest BCUT2D eigenvalue weighted by Gasteiger charge is 2.14. The van der Waals surface area contributed by atoms with Gasteiger partial charge in [0.05, 0.1) is 10.2 Å². The maximum atomic E-state index is 14.4. The van der Waals surface area contributed by atoms with Gasteiger partial charge in [0, 0.05) is 33.9 Å². The average molecular weight is 430 g/mol. The highest BCUT2D eigenvalue weighted by molar-refractivity contribution is 9.10. The summed E-state index contributed by atoms with van der Waals surface area (Å²) in [7, 11) is 0. The van der Waals surface area contributed by atoms with Crippen LogP contribution in [0.1, 0.15) is 0 Å². The Morgan fingerprint density at radius 2 is 1.88 bits per heavy atom. The smallest absolute Gasteiger partial charge is 0.160 e. The Hall–Kier alpha value is -2.57. The van der Waals surface area contributed by atoms with Crippen LogP contribution in [0.15, 0.2) is 59.3 Å². The number of hydrogen-bond donors (Lipinski definition) is 1. The number of pyridine rings is 3. The van der Waals surface area contributed by atoms with Gasteiger partial charge in [0.1, 0.15) is 11.6 Å². The molecule has 3 heterocycles. The summed E-state index contributed by atoms with van der Waals surface area (Å²) in [4.78, 5) is 13.0. The Morgan fingerprint density at radius 1 is 1.04 bits per heavy atom. The quantitative estimate of drug-likeness (QED) is 0.457. The topological polar surface area (TPSA) is 64.7 Å². The zero-order valence-corrected chi connectivity index (χ0v) is 15.6. The van der Waals surface area contributed by atoms with Gasteiger partial charge in [-0.1, -0.05) is 11.6 Å². The van der Waals surface area contributed by atoms with E-state index in [0.29, 0.717) is 32.2 Å². The van der Waals surface area contributed by atoms with Crippen LogP contribution in [0.3, 0.4) is 0 Å². The molecular formula is C19H11BrClFN4. The van der Waals surface area contributed by atoms with Gasteiger partial charge in [-0.3, -0.25) is 0 Å². The van der Waals surface area contributed by atoms with Crippen LogP contribution in [-0.2, 0) is 0 Å². The molecule has 0 spiro atoms. The van der Waals surface area contributed by atoms with Crippen molar-refractivity contribution >= 4 is 44.4 Å². The van der Waals surface area contributed by atoms with Gasteiger partial charge in [0.2, 0.25) is 0 Å². The summed E-state index contributed by atoms with van der Waals surface area (Å²) in [5, 5.41) is 1.26. The van der Waals surface area contributed by atoms with Crippen molar-refractivity contribution in [2.75, 3.05) is 5.73 Å². The molecule has 0 unspecified atom stereocenters. The Kier molecular flexibility index (Phi) is 4.30. The molecule has 0 aliphatic carbocycles. The van der Waals surface area contributed by atoms with Crippen LogP contribution in [-0.4, -0.2) is 15.0 Å². The number of nitrogens with two attached hydrogens (primary N) is 1. The summed E-state index contributed by atoms with van der Waals surface area (Å²) in [6.07, 6.45) is 3.31. The molecule has 0 bridgehead atoms. The van der Waals surface area contributed by atoms with E-state index in [2.05, 4.69) is 30.9 Å². The fraction of sp³-hybridized carbons (Fsp3) is 0. The molecule has 0 aliphatic rings. The Balaban J connectivity index is 2.02. The lowest BCUT2D eigenvalue weighted by atomic mass is 10.0. The zero-order chi connectivity index (χ0) is 18.3. The second-order valence-electron chi connectivity index (χ2n) is 5.64. The van der Waals surface area contributed by atoms with E-state index in [4.69, 9.17) is 17.3 Å². The van der Waals surface area contributed by atoms with Gasteiger partial charge in [0.25, 0.3) is 0 Å². The molecule has 128 valence electrons. The van der Waals surface area contributed by atoms with Gasteiger partial charge in [-0.25, -0.2) is 19.3 Å². The minimum Gasteiger partial charge on any atom is -0.383 e. The molecule has 1 aromatic carbocycles. The highest BCUT2D eigenvalue weighted by Crippen LogP contribution is 2.34. The highest BCUT2D eigenvalue weighted by atomic mass is 79.9. The molecule has 0 aliphatic heterocycles. The molecular weight excluding hydrogens is 419 g/mol. The van der Waals surface area contributed by atoms with Crippen LogP contribution in [0.25, 0.3) is 33.4 Å². The van der Waals surface area contributed by atoms with Gasteiger partial charge in [0.15, 0.2) is 5.65 Å². The predicted molar refractivity (Wildman–Crippen MR) is 105 cm³/mol. The van der Waals surface area contributed by atoms with E-state index >= 15 is 0 Å². The Labute approximate surface area is 162 Å². The molecule has 0 saturated heterocycles. The number of anilines is 1. The third kappa shape index (κ3) is 3.02. The van der Waals surface area contributed by atoms with Gasteiger partial charge in [-0.15, -0.1) is 0 Å². The number of nitrogens with zero attached hydrogens (tertiary/aromatic N) is 3. The van der Waals surface area contributed by atoms with Crippen molar-refractivity contribution in [2.45, 2.75) is 0 Å². The lowest BCUT2D eigenvalue weighted by Crippen LogP contribution is -1.95. The third-order valence-corrected chi connectivity index (χ3v) is 4.84.